The number of hydrogen-bond acceptors (Lipinski definition) is 4. The van der Waals surface area contributed by atoms with E-state index in [1.165, 1.54) is 0 Å². The third-order valence-corrected chi connectivity index (χ3v) is 4.40. The zero-order chi connectivity index (χ0) is 17.3. The average molecular weight is 335 g/mol. The molecule has 1 aliphatic carbocycles. The van der Waals surface area contributed by atoms with Gasteiger partial charge in [0.2, 0.25) is 5.92 Å². The number of rotatable bonds is 4. The maximum Gasteiger partial charge on any atom is 0.252 e. The number of alkyl halides is 2. The number of nitrogens with one attached hydrogen (secondary N) is 1. The molecule has 0 saturated heterocycles. The van der Waals surface area contributed by atoms with Crippen molar-refractivity contribution in [2.75, 3.05) is 5.32 Å². The summed E-state index contributed by atoms with van der Waals surface area (Å²) in [4.78, 5) is 9.09. The molecular formula is C17H23F2N5. The minimum Gasteiger partial charge on any atom is -0.367 e. The van der Waals surface area contributed by atoms with Crippen molar-refractivity contribution in [3.63, 3.8) is 0 Å². The highest BCUT2D eigenvalue weighted by molar-refractivity contribution is 5.40. The summed E-state index contributed by atoms with van der Waals surface area (Å²) in [6.07, 6.45) is 1.54. The van der Waals surface area contributed by atoms with Crippen LogP contribution in [0.25, 0.3) is 5.95 Å². The van der Waals surface area contributed by atoms with Gasteiger partial charge in [0.05, 0.1) is 5.69 Å². The Hall–Kier alpha value is -2.05. The van der Waals surface area contributed by atoms with Crippen LogP contribution in [0.5, 0.6) is 0 Å². The van der Waals surface area contributed by atoms with Crippen molar-refractivity contribution in [2.24, 2.45) is 0 Å². The quantitative estimate of drug-likeness (QED) is 0.922. The second-order valence-electron chi connectivity index (χ2n) is 6.51. The SMILES string of the molecule is CCc1cc(NC2CCC(F)(F)CC2)nc(-n2nc(C)cc2C)n1. The van der Waals surface area contributed by atoms with Gasteiger partial charge in [-0.1, -0.05) is 6.92 Å². The maximum atomic E-state index is 13.3. The highest BCUT2D eigenvalue weighted by atomic mass is 19.3. The second kappa shape index (κ2) is 6.45. The van der Waals surface area contributed by atoms with Crippen LogP contribution in [0.3, 0.4) is 0 Å². The Bertz CT molecular complexity index is 716. The first-order valence-electron chi connectivity index (χ1n) is 8.42. The Morgan fingerprint density at radius 1 is 1.21 bits per heavy atom. The van der Waals surface area contributed by atoms with Crippen molar-refractivity contribution in [2.45, 2.75) is 64.8 Å². The smallest absolute Gasteiger partial charge is 0.252 e. The van der Waals surface area contributed by atoms with Crippen LogP contribution >= 0.6 is 0 Å². The van der Waals surface area contributed by atoms with Crippen LogP contribution in [-0.2, 0) is 6.42 Å². The van der Waals surface area contributed by atoms with Crippen molar-refractivity contribution in [3.05, 3.63) is 29.2 Å². The number of nitrogens with zero attached hydrogens (tertiary/aromatic N) is 4. The summed E-state index contributed by atoms with van der Waals surface area (Å²) >= 11 is 0. The fourth-order valence-electron chi connectivity index (χ4n) is 3.06. The van der Waals surface area contributed by atoms with Gasteiger partial charge in [-0.25, -0.2) is 18.4 Å². The molecule has 0 amide bonds. The van der Waals surface area contributed by atoms with Gasteiger partial charge in [-0.15, -0.1) is 0 Å². The van der Waals surface area contributed by atoms with Gasteiger partial charge in [0.1, 0.15) is 5.82 Å². The van der Waals surface area contributed by atoms with Gasteiger partial charge in [-0.05, 0) is 39.2 Å². The molecule has 0 radical (unpaired) electrons. The third-order valence-electron chi connectivity index (χ3n) is 4.40. The van der Waals surface area contributed by atoms with E-state index in [-0.39, 0.29) is 18.9 Å². The van der Waals surface area contributed by atoms with Gasteiger partial charge < -0.3 is 5.32 Å². The molecule has 2 aromatic rings. The van der Waals surface area contributed by atoms with Crippen molar-refractivity contribution in [3.8, 4) is 5.95 Å². The fourth-order valence-corrected chi connectivity index (χ4v) is 3.06. The van der Waals surface area contributed by atoms with Crippen molar-refractivity contribution in [1.82, 2.24) is 19.7 Å². The summed E-state index contributed by atoms with van der Waals surface area (Å²) in [6, 6.07) is 3.89. The summed E-state index contributed by atoms with van der Waals surface area (Å²) in [5.41, 5.74) is 2.77. The lowest BCUT2D eigenvalue weighted by Crippen LogP contribution is -2.32. The number of hydrogen-bond donors (Lipinski definition) is 1. The molecule has 5 nitrogen and oxygen atoms in total. The third kappa shape index (κ3) is 3.71. The molecule has 1 fully saturated rings. The number of halogens is 2. The molecule has 0 unspecified atom stereocenters. The molecule has 130 valence electrons. The van der Waals surface area contributed by atoms with Gasteiger partial charge in [-0.3, -0.25) is 0 Å². The molecule has 1 saturated carbocycles. The van der Waals surface area contributed by atoms with Gasteiger partial charge in [-0.2, -0.15) is 10.1 Å². The number of aryl methyl sites for hydroxylation is 3. The predicted octanol–water partition coefficient (Wildman–Crippen LogP) is 3.83. The Morgan fingerprint density at radius 3 is 2.50 bits per heavy atom. The first-order valence-corrected chi connectivity index (χ1v) is 8.42. The standard InChI is InChI=1S/C17H23F2N5/c1-4-13-10-15(20-14-5-7-17(18,19)8-6-14)22-16(21-13)24-12(3)9-11(2)23-24/h9-10,14H,4-8H2,1-3H3,(H,20,21,22). The van der Waals surface area contributed by atoms with Gasteiger partial charge in [0.25, 0.3) is 5.95 Å². The minimum atomic E-state index is -2.52. The van der Waals surface area contributed by atoms with Crippen LogP contribution in [0.15, 0.2) is 12.1 Å². The number of anilines is 1. The molecule has 0 aliphatic heterocycles. The highest BCUT2D eigenvalue weighted by Crippen LogP contribution is 2.34. The molecule has 24 heavy (non-hydrogen) atoms. The lowest BCUT2D eigenvalue weighted by molar-refractivity contribution is -0.0361. The summed E-state index contributed by atoms with van der Waals surface area (Å²) < 4.78 is 28.3. The van der Waals surface area contributed by atoms with Crippen molar-refractivity contribution >= 4 is 5.82 Å². The zero-order valence-electron chi connectivity index (χ0n) is 14.3. The van der Waals surface area contributed by atoms with Crippen LogP contribution in [0.1, 0.15) is 49.7 Å². The van der Waals surface area contributed by atoms with E-state index < -0.39 is 5.92 Å². The van der Waals surface area contributed by atoms with Gasteiger partial charge >= 0.3 is 0 Å². The molecule has 1 N–H and O–H groups in total. The molecule has 3 rings (SSSR count). The van der Waals surface area contributed by atoms with Crippen molar-refractivity contribution < 1.29 is 8.78 Å². The van der Waals surface area contributed by atoms with E-state index in [0.717, 1.165) is 23.5 Å². The average Bonchev–Trinajstić information content (AvgIpc) is 2.88. The van der Waals surface area contributed by atoms with E-state index in [1.807, 2.05) is 32.9 Å². The van der Waals surface area contributed by atoms with E-state index in [1.54, 1.807) is 4.68 Å². The molecular weight excluding hydrogens is 312 g/mol. The second-order valence-corrected chi connectivity index (χ2v) is 6.51. The summed E-state index contributed by atoms with van der Waals surface area (Å²) in [7, 11) is 0. The molecule has 1 aliphatic rings. The Labute approximate surface area is 140 Å². The largest absolute Gasteiger partial charge is 0.367 e. The first kappa shape index (κ1) is 16.8. The normalized spacial score (nSPS) is 17.9. The lowest BCUT2D eigenvalue weighted by Gasteiger charge is -2.29. The van der Waals surface area contributed by atoms with E-state index in [4.69, 9.17) is 0 Å². The summed E-state index contributed by atoms with van der Waals surface area (Å²) in [5.74, 6) is -1.32. The van der Waals surface area contributed by atoms with Crippen molar-refractivity contribution in [1.29, 1.82) is 0 Å². The number of aromatic nitrogens is 4. The van der Waals surface area contributed by atoms with E-state index in [2.05, 4.69) is 20.4 Å². The first-order chi connectivity index (χ1) is 11.4. The topological polar surface area (TPSA) is 55.6 Å². The van der Waals surface area contributed by atoms with Crippen LogP contribution in [0.4, 0.5) is 14.6 Å². The maximum absolute atomic E-state index is 13.3. The molecule has 2 aromatic heterocycles. The molecule has 2 heterocycles. The van der Waals surface area contributed by atoms with Crippen LogP contribution in [0, 0.1) is 13.8 Å². The molecule has 0 spiro atoms. The van der Waals surface area contributed by atoms with Crippen LogP contribution < -0.4 is 5.32 Å². The monoisotopic (exact) mass is 335 g/mol. The molecule has 0 aromatic carbocycles. The summed E-state index contributed by atoms with van der Waals surface area (Å²) in [6.45, 7) is 5.91. The van der Waals surface area contributed by atoms with E-state index in [0.29, 0.717) is 24.6 Å². The molecule has 7 heteroatoms. The molecule has 0 bridgehead atoms. The van der Waals surface area contributed by atoms with E-state index >= 15 is 0 Å². The predicted molar refractivity (Wildman–Crippen MR) is 88.8 cm³/mol. The molecule has 0 atom stereocenters. The highest BCUT2D eigenvalue weighted by Gasteiger charge is 2.35. The fraction of sp³-hybridized carbons (Fsp3) is 0.588. The Morgan fingerprint density at radius 2 is 1.92 bits per heavy atom. The Kier molecular flexibility index (Phi) is 4.51. The summed E-state index contributed by atoms with van der Waals surface area (Å²) in [5, 5.41) is 7.73. The lowest BCUT2D eigenvalue weighted by atomic mass is 9.92. The van der Waals surface area contributed by atoms with Crippen LogP contribution in [0.2, 0.25) is 0 Å². The van der Waals surface area contributed by atoms with Crippen LogP contribution in [-0.4, -0.2) is 31.7 Å². The Balaban J connectivity index is 1.83. The minimum absolute atomic E-state index is 0.0255. The van der Waals surface area contributed by atoms with Gasteiger partial charge in [0, 0.05) is 36.3 Å². The zero-order valence-corrected chi connectivity index (χ0v) is 14.3. The van der Waals surface area contributed by atoms with E-state index in [9.17, 15) is 8.78 Å². The van der Waals surface area contributed by atoms with Gasteiger partial charge in [0.15, 0.2) is 0 Å².